The van der Waals surface area contributed by atoms with E-state index in [0.29, 0.717) is 17.2 Å². The van der Waals surface area contributed by atoms with Gasteiger partial charge in [-0.15, -0.1) is 0 Å². The molecule has 0 aliphatic carbocycles. The largest absolute Gasteiger partial charge is 0.416 e. The molecule has 1 aromatic carbocycles. The van der Waals surface area contributed by atoms with E-state index in [0.717, 1.165) is 6.07 Å². The highest BCUT2D eigenvalue weighted by molar-refractivity contribution is 5.54. The molecular formula is C13H13F3N4. The van der Waals surface area contributed by atoms with Gasteiger partial charge in [-0.05, 0) is 18.6 Å². The second-order valence-electron chi connectivity index (χ2n) is 4.24. The first kappa shape index (κ1) is 14.1. The van der Waals surface area contributed by atoms with Crippen LogP contribution >= 0.6 is 0 Å². The van der Waals surface area contributed by atoms with Crippen molar-refractivity contribution in [3.8, 4) is 0 Å². The topological polar surface area (TPSA) is 63.8 Å². The van der Waals surface area contributed by atoms with E-state index in [1.807, 2.05) is 0 Å². The van der Waals surface area contributed by atoms with Gasteiger partial charge in [0.2, 0.25) is 0 Å². The van der Waals surface area contributed by atoms with Crippen LogP contribution in [0.25, 0.3) is 0 Å². The predicted octanol–water partition coefficient (Wildman–Crippen LogP) is 3.00. The van der Waals surface area contributed by atoms with Gasteiger partial charge in [-0.25, -0.2) is 9.97 Å². The second-order valence-corrected chi connectivity index (χ2v) is 4.24. The molecule has 0 radical (unpaired) electrons. The van der Waals surface area contributed by atoms with Crippen LogP contribution < -0.4 is 11.1 Å². The van der Waals surface area contributed by atoms with E-state index in [4.69, 9.17) is 5.73 Å². The van der Waals surface area contributed by atoms with E-state index >= 15 is 0 Å². The Hall–Kier alpha value is -2.31. The van der Waals surface area contributed by atoms with Crippen LogP contribution in [0.3, 0.4) is 0 Å². The number of alkyl halides is 3. The van der Waals surface area contributed by atoms with Crippen molar-refractivity contribution in [1.82, 2.24) is 9.97 Å². The molecule has 0 bridgehead atoms. The van der Waals surface area contributed by atoms with Crippen molar-refractivity contribution in [1.29, 1.82) is 0 Å². The van der Waals surface area contributed by atoms with Crippen molar-refractivity contribution in [2.24, 2.45) is 0 Å². The lowest BCUT2D eigenvalue weighted by molar-refractivity contribution is -0.138. The Kier molecular flexibility index (Phi) is 3.78. The van der Waals surface area contributed by atoms with Crippen LogP contribution in [0.15, 0.2) is 30.6 Å². The van der Waals surface area contributed by atoms with Crippen LogP contribution in [0.1, 0.15) is 16.7 Å². The maximum atomic E-state index is 12.8. The summed E-state index contributed by atoms with van der Waals surface area (Å²) in [4.78, 5) is 7.76. The number of hydrogen-bond donors (Lipinski definition) is 2. The minimum absolute atomic E-state index is 0.00692. The Bertz CT molecular complexity index is 611. The number of nitrogens with one attached hydrogen (secondary N) is 1. The van der Waals surface area contributed by atoms with Gasteiger partial charge < -0.3 is 11.1 Å². The fourth-order valence-corrected chi connectivity index (χ4v) is 1.77. The monoisotopic (exact) mass is 282 g/mol. The van der Waals surface area contributed by atoms with Crippen molar-refractivity contribution in [3.63, 3.8) is 0 Å². The summed E-state index contributed by atoms with van der Waals surface area (Å²) in [6, 6.07) is 5.40. The number of nitrogens with zero attached hydrogens (tertiary/aromatic N) is 2. The summed E-state index contributed by atoms with van der Waals surface area (Å²) in [6.45, 7) is 1.71. The van der Waals surface area contributed by atoms with Crippen LogP contribution in [-0.2, 0) is 12.7 Å². The Morgan fingerprint density at radius 2 is 1.90 bits per heavy atom. The lowest BCUT2D eigenvalue weighted by atomic mass is 10.1. The van der Waals surface area contributed by atoms with Gasteiger partial charge in [0, 0.05) is 12.1 Å². The number of anilines is 2. The van der Waals surface area contributed by atoms with Gasteiger partial charge in [0.05, 0.1) is 5.56 Å². The Balaban J connectivity index is 2.22. The van der Waals surface area contributed by atoms with Gasteiger partial charge in [-0.3, -0.25) is 0 Å². The molecule has 0 atom stereocenters. The molecule has 0 saturated carbocycles. The van der Waals surface area contributed by atoms with E-state index in [1.54, 1.807) is 13.0 Å². The summed E-state index contributed by atoms with van der Waals surface area (Å²) < 4.78 is 38.5. The van der Waals surface area contributed by atoms with Crippen molar-refractivity contribution >= 4 is 11.6 Å². The summed E-state index contributed by atoms with van der Waals surface area (Å²) in [5.74, 6) is 0.723. The molecule has 2 rings (SSSR count). The van der Waals surface area contributed by atoms with E-state index in [2.05, 4.69) is 15.3 Å². The smallest absolute Gasteiger partial charge is 0.383 e. The third kappa shape index (κ3) is 2.98. The van der Waals surface area contributed by atoms with Crippen molar-refractivity contribution in [2.75, 3.05) is 11.1 Å². The molecule has 7 heteroatoms. The third-order valence-electron chi connectivity index (χ3n) is 2.89. The lowest BCUT2D eigenvalue weighted by Gasteiger charge is -2.14. The Labute approximate surface area is 113 Å². The van der Waals surface area contributed by atoms with Gasteiger partial charge >= 0.3 is 6.18 Å². The van der Waals surface area contributed by atoms with Crippen LogP contribution in [0.2, 0.25) is 0 Å². The van der Waals surface area contributed by atoms with Crippen LogP contribution in [0.4, 0.5) is 24.8 Å². The molecule has 106 valence electrons. The molecule has 20 heavy (non-hydrogen) atoms. The van der Waals surface area contributed by atoms with Crippen molar-refractivity contribution < 1.29 is 13.2 Å². The number of rotatable bonds is 3. The van der Waals surface area contributed by atoms with E-state index < -0.39 is 11.7 Å². The summed E-state index contributed by atoms with van der Waals surface area (Å²) >= 11 is 0. The number of aromatic nitrogens is 2. The molecule has 0 aliphatic rings. The van der Waals surface area contributed by atoms with Crippen LogP contribution in [0.5, 0.6) is 0 Å². The summed E-state index contributed by atoms with van der Waals surface area (Å²) in [5.41, 5.74) is 5.72. The first-order valence-corrected chi connectivity index (χ1v) is 5.85. The molecule has 3 N–H and O–H groups in total. The second kappa shape index (κ2) is 5.36. The van der Waals surface area contributed by atoms with Crippen LogP contribution in [0, 0.1) is 6.92 Å². The molecular weight excluding hydrogens is 269 g/mol. The molecule has 0 spiro atoms. The number of halogens is 3. The van der Waals surface area contributed by atoms with Crippen LogP contribution in [-0.4, -0.2) is 9.97 Å². The number of nitrogen functional groups attached to an aromatic ring is 1. The minimum atomic E-state index is -4.38. The first-order chi connectivity index (χ1) is 9.39. The molecule has 0 aliphatic heterocycles. The Morgan fingerprint density at radius 3 is 2.60 bits per heavy atom. The lowest BCUT2D eigenvalue weighted by Crippen LogP contribution is -2.13. The quantitative estimate of drug-likeness (QED) is 0.908. The number of hydrogen-bond acceptors (Lipinski definition) is 4. The summed E-state index contributed by atoms with van der Waals surface area (Å²) in [6.07, 6.45) is -3.11. The molecule has 0 fully saturated rings. The Morgan fingerprint density at radius 1 is 1.20 bits per heavy atom. The van der Waals surface area contributed by atoms with E-state index in [1.165, 1.54) is 18.5 Å². The zero-order chi connectivity index (χ0) is 14.8. The average molecular weight is 282 g/mol. The predicted molar refractivity (Wildman–Crippen MR) is 70.0 cm³/mol. The average Bonchev–Trinajstić information content (AvgIpc) is 2.40. The fourth-order valence-electron chi connectivity index (χ4n) is 1.77. The molecule has 0 unspecified atom stereocenters. The molecule has 0 amide bonds. The van der Waals surface area contributed by atoms with Gasteiger partial charge in [-0.2, -0.15) is 13.2 Å². The highest BCUT2D eigenvalue weighted by atomic mass is 19.4. The summed E-state index contributed by atoms with van der Waals surface area (Å²) in [7, 11) is 0. The van der Waals surface area contributed by atoms with Gasteiger partial charge in [0.25, 0.3) is 0 Å². The zero-order valence-corrected chi connectivity index (χ0v) is 10.7. The molecule has 0 saturated heterocycles. The maximum Gasteiger partial charge on any atom is 0.416 e. The molecule has 4 nitrogen and oxygen atoms in total. The van der Waals surface area contributed by atoms with Gasteiger partial charge in [0.1, 0.15) is 18.0 Å². The maximum absolute atomic E-state index is 12.8. The van der Waals surface area contributed by atoms with Crippen molar-refractivity contribution in [2.45, 2.75) is 19.6 Å². The SMILES string of the molecule is Cc1c(N)ncnc1NCc1ccccc1C(F)(F)F. The zero-order valence-electron chi connectivity index (χ0n) is 10.7. The fraction of sp³-hybridized carbons (Fsp3) is 0.231. The third-order valence-corrected chi connectivity index (χ3v) is 2.89. The standard InChI is InChI=1S/C13H13F3N4/c1-8-11(17)19-7-20-12(8)18-6-9-4-2-3-5-10(9)13(14,15)16/h2-5,7H,6H2,1H3,(H3,17,18,19,20). The van der Waals surface area contributed by atoms with E-state index in [-0.39, 0.29) is 12.1 Å². The highest BCUT2D eigenvalue weighted by Gasteiger charge is 2.32. The number of nitrogens with two attached hydrogens (primary N) is 1. The highest BCUT2D eigenvalue weighted by Crippen LogP contribution is 2.32. The van der Waals surface area contributed by atoms with Gasteiger partial charge in [-0.1, -0.05) is 18.2 Å². The molecule has 2 aromatic rings. The minimum Gasteiger partial charge on any atom is -0.383 e. The summed E-state index contributed by atoms with van der Waals surface area (Å²) in [5, 5.41) is 2.85. The first-order valence-electron chi connectivity index (χ1n) is 5.85. The van der Waals surface area contributed by atoms with Gasteiger partial charge in [0.15, 0.2) is 0 Å². The molecule has 1 aromatic heterocycles. The van der Waals surface area contributed by atoms with E-state index in [9.17, 15) is 13.2 Å². The van der Waals surface area contributed by atoms with Crippen molar-refractivity contribution in [3.05, 3.63) is 47.3 Å². The molecule has 1 heterocycles. The normalized spacial score (nSPS) is 11.4. The number of benzene rings is 1.